The Labute approximate surface area is 188 Å². The van der Waals surface area contributed by atoms with Crippen LogP contribution in [0.15, 0.2) is 45.9 Å². The van der Waals surface area contributed by atoms with E-state index in [0.717, 1.165) is 42.9 Å². The molecule has 4 rings (SSSR count). The summed E-state index contributed by atoms with van der Waals surface area (Å²) in [7, 11) is -1.73. The van der Waals surface area contributed by atoms with Crippen molar-refractivity contribution in [1.82, 2.24) is 18.8 Å². The quantitative estimate of drug-likeness (QED) is 0.490. The van der Waals surface area contributed by atoms with E-state index in [1.807, 2.05) is 12.1 Å². The Morgan fingerprint density at radius 1 is 1.22 bits per heavy atom. The molecule has 1 amide bonds. The molecule has 0 bridgehead atoms. The highest BCUT2D eigenvalue weighted by Crippen LogP contribution is 2.26. The van der Waals surface area contributed by atoms with Gasteiger partial charge in [0.25, 0.3) is 0 Å². The van der Waals surface area contributed by atoms with Gasteiger partial charge in [-0.1, -0.05) is 6.92 Å². The molecule has 1 saturated heterocycles. The number of fused-ring (bicyclic) bond motifs is 1. The maximum Gasteiger partial charge on any atom is 0.243 e. The molecule has 0 spiro atoms. The third-order valence-electron chi connectivity index (χ3n) is 5.91. The number of aromatic nitrogens is 2. The zero-order valence-corrected chi connectivity index (χ0v) is 19.5. The number of nitrogens with zero attached hydrogens (tertiary/aromatic N) is 4. The van der Waals surface area contributed by atoms with Crippen molar-refractivity contribution >= 4 is 27.0 Å². The molecule has 8 nitrogen and oxygen atoms in total. The second kappa shape index (κ2) is 9.46. The molecule has 1 aromatic carbocycles. The van der Waals surface area contributed by atoms with Crippen LogP contribution in [0.3, 0.4) is 0 Å². The van der Waals surface area contributed by atoms with Gasteiger partial charge in [0.15, 0.2) is 0 Å². The largest absolute Gasteiger partial charge is 0.467 e. The summed E-state index contributed by atoms with van der Waals surface area (Å²) in [6, 6.07) is 8.84. The fourth-order valence-corrected chi connectivity index (χ4v) is 5.73. The fourth-order valence-electron chi connectivity index (χ4n) is 4.20. The van der Waals surface area contributed by atoms with Gasteiger partial charge in [-0.2, -0.15) is 4.31 Å². The Bertz CT molecular complexity index is 1180. The molecule has 1 aliphatic heterocycles. The van der Waals surface area contributed by atoms with E-state index >= 15 is 0 Å². The Kier molecular flexibility index (Phi) is 6.66. The summed E-state index contributed by atoms with van der Waals surface area (Å²) in [6.07, 6.45) is 5.13. The summed E-state index contributed by atoms with van der Waals surface area (Å²) in [5.74, 6) is 1.55. The van der Waals surface area contributed by atoms with E-state index in [1.54, 1.807) is 40.7 Å². The van der Waals surface area contributed by atoms with Crippen molar-refractivity contribution in [2.24, 2.45) is 0 Å². The predicted octanol–water partition coefficient (Wildman–Crippen LogP) is 3.42. The summed E-state index contributed by atoms with van der Waals surface area (Å²) in [6.45, 7) is 4.42. The minimum absolute atomic E-state index is 0.00815. The molecule has 3 aromatic rings. The van der Waals surface area contributed by atoms with E-state index in [-0.39, 0.29) is 10.8 Å². The van der Waals surface area contributed by atoms with E-state index < -0.39 is 10.0 Å². The number of aryl methyl sites for hydroxylation is 2. The number of amides is 1. The Hall–Kier alpha value is -2.65. The van der Waals surface area contributed by atoms with Crippen molar-refractivity contribution in [3.63, 3.8) is 0 Å². The van der Waals surface area contributed by atoms with Crippen molar-refractivity contribution in [2.75, 3.05) is 20.1 Å². The summed E-state index contributed by atoms with van der Waals surface area (Å²) >= 11 is 0. The number of imidazole rings is 1. The van der Waals surface area contributed by atoms with Gasteiger partial charge in [0.2, 0.25) is 15.9 Å². The van der Waals surface area contributed by atoms with E-state index in [0.29, 0.717) is 38.0 Å². The van der Waals surface area contributed by atoms with Crippen LogP contribution in [0.5, 0.6) is 0 Å². The van der Waals surface area contributed by atoms with Gasteiger partial charge >= 0.3 is 0 Å². The molecule has 0 atom stereocenters. The van der Waals surface area contributed by atoms with E-state index in [9.17, 15) is 13.2 Å². The van der Waals surface area contributed by atoms with Crippen molar-refractivity contribution < 1.29 is 17.6 Å². The van der Waals surface area contributed by atoms with Gasteiger partial charge in [0.1, 0.15) is 11.6 Å². The number of sulfonamides is 1. The molecule has 3 heterocycles. The first-order chi connectivity index (χ1) is 15.4. The molecular weight excluding hydrogens is 428 g/mol. The molecule has 0 saturated carbocycles. The highest BCUT2D eigenvalue weighted by molar-refractivity contribution is 7.89. The molecule has 0 N–H and O–H groups in total. The smallest absolute Gasteiger partial charge is 0.243 e. The number of rotatable bonds is 9. The number of benzene rings is 1. The molecule has 1 aliphatic rings. The number of hydrogen-bond acceptors (Lipinski definition) is 5. The second-order valence-corrected chi connectivity index (χ2v) is 10.2. The molecule has 0 unspecified atom stereocenters. The van der Waals surface area contributed by atoms with Crippen molar-refractivity contribution in [2.45, 2.75) is 57.0 Å². The zero-order chi connectivity index (χ0) is 22.7. The van der Waals surface area contributed by atoms with Gasteiger partial charge in [-0.15, -0.1) is 0 Å². The third-order valence-corrected chi connectivity index (χ3v) is 7.80. The maximum absolute atomic E-state index is 12.9. The van der Waals surface area contributed by atoms with Crippen LogP contribution in [0, 0.1) is 0 Å². The van der Waals surface area contributed by atoms with Crippen LogP contribution in [-0.4, -0.2) is 53.2 Å². The Morgan fingerprint density at radius 3 is 2.69 bits per heavy atom. The SMILES string of the molecule is CCCn1c(CCC(=O)N(C)Cc2ccco2)nc2cc(S(=O)(=O)N3CCCC3)ccc21. The topological polar surface area (TPSA) is 88.6 Å². The first-order valence-electron chi connectivity index (χ1n) is 11.2. The molecule has 1 fully saturated rings. The van der Waals surface area contributed by atoms with Crippen molar-refractivity contribution in [3.05, 3.63) is 48.2 Å². The van der Waals surface area contributed by atoms with Crippen LogP contribution in [-0.2, 0) is 34.3 Å². The van der Waals surface area contributed by atoms with Crippen LogP contribution in [0.25, 0.3) is 11.0 Å². The summed E-state index contributed by atoms with van der Waals surface area (Å²) < 4.78 is 34.9. The van der Waals surface area contributed by atoms with Crippen LogP contribution in [0.1, 0.15) is 44.2 Å². The first kappa shape index (κ1) is 22.5. The van der Waals surface area contributed by atoms with Crippen LogP contribution in [0.2, 0.25) is 0 Å². The van der Waals surface area contributed by atoms with Gasteiger partial charge in [0, 0.05) is 39.5 Å². The van der Waals surface area contributed by atoms with E-state index in [2.05, 4.69) is 11.5 Å². The molecule has 32 heavy (non-hydrogen) atoms. The van der Waals surface area contributed by atoms with Crippen molar-refractivity contribution in [1.29, 1.82) is 0 Å². The summed E-state index contributed by atoms with van der Waals surface area (Å²) in [5.41, 5.74) is 1.56. The third kappa shape index (κ3) is 4.59. The molecular formula is C23H30N4O4S. The fraction of sp³-hybridized carbons (Fsp3) is 0.478. The van der Waals surface area contributed by atoms with E-state index in [1.165, 1.54) is 0 Å². The highest BCUT2D eigenvalue weighted by Gasteiger charge is 2.28. The minimum Gasteiger partial charge on any atom is -0.467 e. The first-order valence-corrected chi connectivity index (χ1v) is 12.6. The standard InChI is InChI=1S/C23H30N4O4S/c1-3-12-27-21-9-8-19(32(29,30)26-13-4-5-14-26)16-20(21)24-22(27)10-11-23(28)25(2)17-18-7-6-15-31-18/h6-9,15-16H,3-5,10-14,17H2,1-2H3. The van der Waals surface area contributed by atoms with Crippen LogP contribution >= 0.6 is 0 Å². The zero-order valence-electron chi connectivity index (χ0n) is 18.7. The molecule has 2 aromatic heterocycles. The van der Waals surface area contributed by atoms with Gasteiger partial charge in [0.05, 0.1) is 28.7 Å². The summed E-state index contributed by atoms with van der Waals surface area (Å²) in [5, 5.41) is 0. The van der Waals surface area contributed by atoms with Crippen LogP contribution < -0.4 is 0 Å². The lowest BCUT2D eigenvalue weighted by molar-refractivity contribution is -0.130. The molecule has 172 valence electrons. The summed E-state index contributed by atoms with van der Waals surface area (Å²) in [4.78, 5) is 19.3. The molecule has 0 aliphatic carbocycles. The van der Waals surface area contributed by atoms with Crippen molar-refractivity contribution in [3.8, 4) is 0 Å². The van der Waals surface area contributed by atoms with Crippen LogP contribution in [0.4, 0.5) is 0 Å². The Balaban J connectivity index is 1.54. The number of carbonyl (C=O) groups is 1. The number of carbonyl (C=O) groups excluding carboxylic acids is 1. The maximum atomic E-state index is 12.9. The lowest BCUT2D eigenvalue weighted by Crippen LogP contribution is -2.27. The predicted molar refractivity (Wildman–Crippen MR) is 122 cm³/mol. The molecule has 9 heteroatoms. The highest BCUT2D eigenvalue weighted by atomic mass is 32.2. The second-order valence-electron chi connectivity index (χ2n) is 8.27. The lowest BCUT2D eigenvalue weighted by Gasteiger charge is -2.16. The Morgan fingerprint density at radius 2 is 2.00 bits per heavy atom. The van der Waals surface area contributed by atoms with E-state index in [4.69, 9.17) is 9.40 Å². The average molecular weight is 459 g/mol. The van der Waals surface area contributed by atoms with Gasteiger partial charge in [-0.05, 0) is 49.6 Å². The lowest BCUT2D eigenvalue weighted by atomic mass is 10.2. The molecule has 0 radical (unpaired) electrons. The monoisotopic (exact) mass is 458 g/mol. The number of furan rings is 1. The normalized spacial score (nSPS) is 14.9. The number of hydrogen-bond donors (Lipinski definition) is 0. The van der Waals surface area contributed by atoms with Gasteiger partial charge in [-0.3, -0.25) is 4.79 Å². The average Bonchev–Trinajstić information content (AvgIpc) is 3.54. The van der Waals surface area contributed by atoms with Gasteiger partial charge in [-0.25, -0.2) is 13.4 Å². The minimum atomic E-state index is -3.49. The van der Waals surface area contributed by atoms with Gasteiger partial charge < -0.3 is 13.9 Å².